The molecule has 0 aromatic heterocycles. The summed E-state index contributed by atoms with van der Waals surface area (Å²) >= 11 is 0. The average molecular weight is 387 g/mol. The molecule has 0 bridgehead atoms. The van der Waals surface area contributed by atoms with Crippen LogP contribution in [0.3, 0.4) is 0 Å². The molecule has 1 aromatic rings. The first-order valence-electron chi connectivity index (χ1n) is 9.12. The van der Waals surface area contributed by atoms with Gasteiger partial charge >= 0.3 is 6.18 Å². The van der Waals surface area contributed by atoms with E-state index in [1.165, 1.54) is 31.4 Å². The number of benzene rings is 1. The molecule has 0 amide bonds. The van der Waals surface area contributed by atoms with E-state index in [0.717, 1.165) is 31.7 Å². The van der Waals surface area contributed by atoms with E-state index >= 15 is 0 Å². The molecule has 0 unspecified atom stereocenters. The summed E-state index contributed by atoms with van der Waals surface area (Å²) in [6, 6.07) is 4.68. The second kappa shape index (κ2) is 9.82. The third kappa shape index (κ3) is 6.61. The fourth-order valence-corrected chi connectivity index (χ4v) is 3.08. The van der Waals surface area contributed by atoms with E-state index in [9.17, 15) is 13.2 Å². The van der Waals surface area contributed by atoms with Crippen LogP contribution in [0.25, 0.3) is 0 Å². The number of guanidine groups is 1. The number of rotatable bonds is 9. The number of hydrogen-bond donors (Lipinski definition) is 2. The van der Waals surface area contributed by atoms with E-state index in [4.69, 9.17) is 9.47 Å². The topological polar surface area (TPSA) is 54.9 Å². The Balaban J connectivity index is 1.69. The molecule has 1 aromatic carbocycles. The zero-order valence-corrected chi connectivity index (χ0v) is 15.9. The molecule has 1 aliphatic rings. The van der Waals surface area contributed by atoms with Crippen LogP contribution in [0.1, 0.15) is 31.2 Å². The number of hydrogen-bond acceptors (Lipinski definition) is 3. The van der Waals surface area contributed by atoms with E-state index in [2.05, 4.69) is 15.6 Å². The van der Waals surface area contributed by atoms with Gasteiger partial charge in [0.1, 0.15) is 12.4 Å². The Hall–Kier alpha value is -1.96. The van der Waals surface area contributed by atoms with Crippen LogP contribution in [0.2, 0.25) is 0 Å². The summed E-state index contributed by atoms with van der Waals surface area (Å²) in [4.78, 5) is 4.20. The van der Waals surface area contributed by atoms with Gasteiger partial charge in [0, 0.05) is 27.3 Å². The van der Waals surface area contributed by atoms with Crippen molar-refractivity contribution < 1.29 is 22.6 Å². The Kier molecular flexibility index (Phi) is 7.77. The monoisotopic (exact) mass is 387 g/mol. The maximum Gasteiger partial charge on any atom is 0.416 e. The van der Waals surface area contributed by atoms with Gasteiger partial charge in [-0.1, -0.05) is 6.42 Å². The minimum atomic E-state index is -4.33. The average Bonchev–Trinajstić information content (AvgIpc) is 2.61. The molecule has 2 rings (SSSR count). The lowest BCUT2D eigenvalue weighted by atomic mass is 9.67. The van der Waals surface area contributed by atoms with Crippen LogP contribution in [0.15, 0.2) is 29.3 Å². The van der Waals surface area contributed by atoms with Crippen LogP contribution in [0.4, 0.5) is 13.2 Å². The Morgan fingerprint density at radius 2 is 1.85 bits per heavy atom. The standard InChI is InChI=1S/C19H28F3N3O2/c1-23-17(25-14-18(8-3-9-18)10-12-26-2)24-11-13-27-16-6-4-15(5-7-16)19(20,21)22/h4-7H,3,8-14H2,1-2H3,(H2,23,24,25). The van der Waals surface area contributed by atoms with Crippen molar-refractivity contribution in [3.05, 3.63) is 29.8 Å². The molecule has 1 fully saturated rings. The first kappa shape index (κ1) is 21.3. The molecular weight excluding hydrogens is 359 g/mol. The number of alkyl halides is 3. The summed E-state index contributed by atoms with van der Waals surface area (Å²) < 4.78 is 48.3. The van der Waals surface area contributed by atoms with Crippen molar-refractivity contribution in [2.45, 2.75) is 31.9 Å². The van der Waals surface area contributed by atoms with Crippen molar-refractivity contribution in [1.82, 2.24) is 10.6 Å². The predicted octanol–water partition coefficient (Wildman–Crippen LogP) is 3.46. The van der Waals surface area contributed by atoms with E-state index in [1.807, 2.05) is 0 Å². The normalized spacial score (nSPS) is 16.6. The van der Waals surface area contributed by atoms with Crippen LogP contribution >= 0.6 is 0 Å². The molecule has 0 saturated heterocycles. The van der Waals surface area contributed by atoms with Crippen molar-refractivity contribution in [3.63, 3.8) is 0 Å². The highest BCUT2D eigenvalue weighted by atomic mass is 19.4. The summed E-state index contributed by atoms with van der Waals surface area (Å²) in [5.74, 6) is 1.09. The van der Waals surface area contributed by atoms with Gasteiger partial charge in [0.2, 0.25) is 0 Å². The van der Waals surface area contributed by atoms with Gasteiger partial charge in [0.15, 0.2) is 5.96 Å². The molecule has 27 heavy (non-hydrogen) atoms. The number of halogens is 3. The van der Waals surface area contributed by atoms with Crippen LogP contribution in [-0.2, 0) is 10.9 Å². The first-order valence-corrected chi connectivity index (χ1v) is 9.12. The molecule has 0 aliphatic heterocycles. The Bertz CT molecular complexity index is 599. The first-order chi connectivity index (χ1) is 12.9. The molecule has 5 nitrogen and oxygen atoms in total. The van der Waals surface area contributed by atoms with Crippen molar-refractivity contribution in [1.29, 1.82) is 0 Å². The molecular formula is C19H28F3N3O2. The number of nitrogens with one attached hydrogen (secondary N) is 2. The molecule has 1 aliphatic carbocycles. The highest BCUT2D eigenvalue weighted by Gasteiger charge is 2.36. The minimum Gasteiger partial charge on any atom is -0.492 e. The number of ether oxygens (including phenoxy) is 2. The molecule has 0 spiro atoms. The van der Waals surface area contributed by atoms with E-state index in [-0.39, 0.29) is 5.41 Å². The summed E-state index contributed by atoms with van der Waals surface area (Å²) in [6.07, 6.45) is 0.330. The molecule has 2 N–H and O–H groups in total. The summed E-state index contributed by atoms with van der Waals surface area (Å²) in [5, 5.41) is 6.50. The van der Waals surface area contributed by atoms with Gasteiger partial charge < -0.3 is 20.1 Å². The fraction of sp³-hybridized carbons (Fsp3) is 0.632. The maximum absolute atomic E-state index is 12.5. The molecule has 0 heterocycles. The maximum atomic E-state index is 12.5. The van der Waals surface area contributed by atoms with Gasteiger partial charge in [0.25, 0.3) is 0 Å². The van der Waals surface area contributed by atoms with E-state index in [1.54, 1.807) is 14.2 Å². The predicted molar refractivity (Wildman–Crippen MR) is 99.1 cm³/mol. The van der Waals surface area contributed by atoms with Gasteiger partial charge in [0.05, 0.1) is 12.1 Å². The van der Waals surface area contributed by atoms with Crippen LogP contribution in [0.5, 0.6) is 5.75 Å². The van der Waals surface area contributed by atoms with E-state index in [0.29, 0.717) is 24.9 Å². The lowest BCUT2D eigenvalue weighted by molar-refractivity contribution is -0.137. The van der Waals surface area contributed by atoms with Crippen molar-refractivity contribution in [2.24, 2.45) is 10.4 Å². The van der Waals surface area contributed by atoms with E-state index < -0.39 is 11.7 Å². The van der Waals surface area contributed by atoms with Crippen LogP contribution in [-0.4, -0.2) is 46.4 Å². The van der Waals surface area contributed by atoms with Gasteiger partial charge in [-0.3, -0.25) is 4.99 Å². The zero-order valence-electron chi connectivity index (χ0n) is 15.9. The Morgan fingerprint density at radius 3 is 2.37 bits per heavy atom. The zero-order chi connectivity index (χ0) is 19.8. The van der Waals surface area contributed by atoms with Gasteiger partial charge in [-0.05, 0) is 48.9 Å². The molecule has 1 saturated carbocycles. The van der Waals surface area contributed by atoms with Gasteiger partial charge in [-0.15, -0.1) is 0 Å². The van der Waals surface area contributed by atoms with Gasteiger partial charge in [-0.2, -0.15) is 13.2 Å². The Labute approximate surface area is 158 Å². The van der Waals surface area contributed by atoms with Crippen molar-refractivity contribution in [2.75, 3.05) is 40.5 Å². The third-order valence-corrected chi connectivity index (χ3v) is 4.95. The minimum absolute atomic E-state index is 0.282. The quantitative estimate of drug-likeness (QED) is 0.387. The second-order valence-electron chi connectivity index (χ2n) is 6.82. The highest BCUT2D eigenvalue weighted by molar-refractivity contribution is 5.79. The van der Waals surface area contributed by atoms with Crippen LogP contribution < -0.4 is 15.4 Å². The number of aliphatic imine (C=N–C) groups is 1. The van der Waals surface area contributed by atoms with Crippen LogP contribution in [0, 0.1) is 5.41 Å². The lowest BCUT2D eigenvalue weighted by Gasteiger charge is -2.42. The highest BCUT2D eigenvalue weighted by Crippen LogP contribution is 2.43. The SMILES string of the molecule is CN=C(NCCOc1ccc(C(F)(F)F)cc1)NCC1(CCOC)CCC1. The summed E-state index contributed by atoms with van der Waals surface area (Å²) in [5.41, 5.74) is -0.402. The molecule has 0 atom stereocenters. The summed E-state index contributed by atoms with van der Waals surface area (Å²) in [6.45, 7) is 2.41. The lowest BCUT2D eigenvalue weighted by Crippen LogP contribution is -2.47. The van der Waals surface area contributed by atoms with Crippen molar-refractivity contribution >= 4 is 5.96 Å². The molecule has 8 heteroatoms. The molecule has 0 radical (unpaired) electrons. The Morgan fingerprint density at radius 1 is 1.15 bits per heavy atom. The molecule has 152 valence electrons. The number of methoxy groups -OCH3 is 1. The van der Waals surface area contributed by atoms with Gasteiger partial charge in [-0.25, -0.2) is 0 Å². The largest absolute Gasteiger partial charge is 0.492 e. The number of nitrogens with zero attached hydrogens (tertiary/aromatic N) is 1. The van der Waals surface area contributed by atoms with Crippen molar-refractivity contribution in [3.8, 4) is 5.75 Å². The fourth-order valence-electron chi connectivity index (χ4n) is 3.08. The third-order valence-electron chi connectivity index (χ3n) is 4.95. The second-order valence-corrected chi connectivity index (χ2v) is 6.82. The smallest absolute Gasteiger partial charge is 0.416 e. The summed E-state index contributed by atoms with van der Waals surface area (Å²) in [7, 11) is 3.42.